The Hall–Kier alpha value is -4.07. The predicted octanol–water partition coefficient (Wildman–Crippen LogP) is 6.09. The van der Waals surface area contributed by atoms with E-state index in [1.54, 1.807) is 36.4 Å². The third kappa shape index (κ3) is 7.46. The van der Waals surface area contributed by atoms with Gasteiger partial charge in [-0.1, -0.05) is 60.1 Å². The van der Waals surface area contributed by atoms with Crippen molar-refractivity contribution in [1.82, 2.24) is 0 Å². The van der Waals surface area contributed by atoms with E-state index in [9.17, 15) is 14.4 Å². The Kier molecular flexibility index (Phi) is 8.61. The van der Waals surface area contributed by atoms with Gasteiger partial charge in [0, 0.05) is 26.9 Å². The number of carbonyl (C=O) groups is 3. The lowest BCUT2D eigenvalue weighted by Crippen LogP contribution is -2.19. The molecule has 0 saturated carbocycles. The van der Waals surface area contributed by atoms with Crippen LogP contribution in [0.2, 0.25) is 5.02 Å². The normalized spacial score (nSPS) is 11.4. The Labute approximate surface area is 224 Å². The van der Waals surface area contributed by atoms with Gasteiger partial charge in [0.15, 0.2) is 0 Å². The van der Waals surface area contributed by atoms with E-state index >= 15 is 0 Å². The van der Waals surface area contributed by atoms with Crippen LogP contribution >= 0.6 is 23.4 Å². The maximum atomic E-state index is 13.3. The Morgan fingerprint density at radius 1 is 0.784 bits per heavy atom. The van der Waals surface area contributed by atoms with Gasteiger partial charge in [-0.15, -0.1) is 11.8 Å². The molecule has 0 aromatic heterocycles. The minimum Gasteiger partial charge on any atom is -0.366 e. The Bertz CT molecular complexity index is 1390. The fourth-order valence-corrected chi connectivity index (χ4v) is 4.81. The number of hydrogen-bond donors (Lipinski definition) is 3. The van der Waals surface area contributed by atoms with Crippen molar-refractivity contribution in [2.75, 3.05) is 10.6 Å². The Morgan fingerprint density at radius 2 is 1.49 bits per heavy atom. The van der Waals surface area contributed by atoms with E-state index in [4.69, 9.17) is 17.3 Å². The second kappa shape index (κ2) is 12.3. The van der Waals surface area contributed by atoms with Crippen molar-refractivity contribution in [2.45, 2.75) is 16.6 Å². The zero-order valence-electron chi connectivity index (χ0n) is 19.7. The van der Waals surface area contributed by atoms with E-state index in [0.29, 0.717) is 22.0 Å². The van der Waals surface area contributed by atoms with Crippen LogP contribution in [0.5, 0.6) is 0 Å². The monoisotopic (exact) mass is 529 g/mol. The van der Waals surface area contributed by atoms with E-state index in [-0.39, 0.29) is 18.2 Å². The van der Waals surface area contributed by atoms with Crippen molar-refractivity contribution >= 4 is 52.5 Å². The fraction of sp³-hybridized carbons (Fsp3) is 0.0690. The maximum Gasteiger partial charge on any atom is 0.248 e. The van der Waals surface area contributed by atoms with Gasteiger partial charge in [-0.05, 0) is 65.7 Å². The van der Waals surface area contributed by atoms with Gasteiger partial charge in [-0.2, -0.15) is 0 Å². The van der Waals surface area contributed by atoms with E-state index < -0.39 is 11.2 Å². The molecular formula is C29H24ClN3O3S. The van der Waals surface area contributed by atoms with Crippen LogP contribution in [0.1, 0.15) is 26.7 Å². The molecule has 0 aliphatic heterocycles. The van der Waals surface area contributed by atoms with Crippen LogP contribution in [0.25, 0.3) is 0 Å². The molecule has 0 saturated heterocycles. The summed E-state index contributed by atoms with van der Waals surface area (Å²) in [5.41, 5.74) is 8.54. The van der Waals surface area contributed by atoms with Crippen molar-refractivity contribution < 1.29 is 14.4 Å². The van der Waals surface area contributed by atoms with Crippen LogP contribution in [0, 0.1) is 0 Å². The first-order chi connectivity index (χ1) is 17.9. The molecule has 0 aliphatic rings. The number of thioether (sulfide) groups is 1. The summed E-state index contributed by atoms with van der Waals surface area (Å²) in [5.74, 6) is -0.905. The molecule has 186 valence electrons. The van der Waals surface area contributed by atoms with Gasteiger partial charge in [-0.3, -0.25) is 14.4 Å². The molecule has 4 rings (SSSR count). The average Bonchev–Trinajstić information content (AvgIpc) is 2.89. The molecule has 1 unspecified atom stereocenters. The summed E-state index contributed by atoms with van der Waals surface area (Å²) in [7, 11) is 0. The molecule has 0 spiro atoms. The maximum absolute atomic E-state index is 13.3. The van der Waals surface area contributed by atoms with Crippen LogP contribution in [0.4, 0.5) is 11.4 Å². The minimum atomic E-state index is -0.558. The highest BCUT2D eigenvalue weighted by atomic mass is 35.5. The van der Waals surface area contributed by atoms with Gasteiger partial charge in [0.05, 0.1) is 6.42 Å². The second-order valence-corrected chi connectivity index (χ2v) is 9.83. The van der Waals surface area contributed by atoms with Crippen LogP contribution in [0.3, 0.4) is 0 Å². The van der Waals surface area contributed by atoms with Crippen molar-refractivity contribution in [3.63, 3.8) is 0 Å². The molecule has 3 amide bonds. The molecule has 0 aliphatic carbocycles. The number of nitrogens with one attached hydrogen (secondary N) is 2. The summed E-state index contributed by atoms with van der Waals surface area (Å²) >= 11 is 7.29. The Morgan fingerprint density at radius 3 is 2.16 bits per heavy atom. The molecule has 0 radical (unpaired) electrons. The molecule has 37 heavy (non-hydrogen) atoms. The SMILES string of the molecule is NC(=O)c1ccc(NC(=O)C(Sc2cccc(NC(=O)Cc3ccc(Cl)cc3)c2)c2ccccc2)cc1. The van der Waals surface area contributed by atoms with Crippen molar-refractivity contribution in [1.29, 1.82) is 0 Å². The summed E-state index contributed by atoms with van der Waals surface area (Å²) in [6.07, 6.45) is 0.220. The molecule has 6 nitrogen and oxygen atoms in total. The van der Waals surface area contributed by atoms with Crippen molar-refractivity contribution in [3.8, 4) is 0 Å². The van der Waals surface area contributed by atoms with Gasteiger partial charge in [0.25, 0.3) is 0 Å². The molecule has 4 aromatic rings. The highest BCUT2D eigenvalue weighted by molar-refractivity contribution is 8.00. The highest BCUT2D eigenvalue weighted by Crippen LogP contribution is 2.37. The predicted molar refractivity (Wildman–Crippen MR) is 149 cm³/mol. The van der Waals surface area contributed by atoms with E-state index in [2.05, 4.69) is 10.6 Å². The van der Waals surface area contributed by atoms with Gasteiger partial charge in [-0.25, -0.2) is 0 Å². The summed E-state index contributed by atoms with van der Waals surface area (Å²) in [6.45, 7) is 0. The van der Waals surface area contributed by atoms with Gasteiger partial charge < -0.3 is 16.4 Å². The highest BCUT2D eigenvalue weighted by Gasteiger charge is 2.22. The lowest BCUT2D eigenvalue weighted by atomic mass is 10.1. The van der Waals surface area contributed by atoms with Gasteiger partial charge in [0.1, 0.15) is 5.25 Å². The molecular weight excluding hydrogens is 506 g/mol. The number of halogens is 1. The number of benzene rings is 4. The quantitative estimate of drug-likeness (QED) is 0.228. The number of nitrogens with two attached hydrogens (primary N) is 1. The Balaban J connectivity index is 1.48. The second-order valence-electron chi connectivity index (χ2n) is 8.22. The standard InChI is InChI=1S/C29H24ClN3O3S/c30-22-13-9-19(10-14-22)17-26(34)32-24-7-4-8-25(18-24)37-27(20-5-2-1-3-6-20)29(36)33-23-15-11-21(12-16-23)28(31)35/h1-16,18,27H,17H2,(H2,31,35)(H,32,34)(H,33,36). The van der Waals surface area contributed by atoms with E-state index in [1.165, 1.54) is 11.8 Å². The number of rotatable bonds is 9. The van der Waals surface area contributed by atoms with Gasteiger partial charge >= 0.3 is 0 Å². The van der Waals surface area contributed by atoms with Crippen LogP contribution in [-0.2, 0) is 16.0 Å². The molecule has 4 aromatic carbocycles. The summed E-state index contributed by atoms with van der Waals surface area (Å²) in [5, 5.41) is 5.89. The minimum absolute atomic E-state index is 0.152. The lowest BCUT2D eigenvalue weighted by molar-refractivity contribution is -0.116. The first-order valence-electron chi connectivity index (χ1n) is 11.4. The molecule has 4 N–H and O–H groups in total. The zero-order chi connectivity index (χ0) is 26.2. The number of amides is 3. The number of carbonyl (C=O) groups excluding carboxylic acids is 3. The fourth-order valence-electron chi connectivity index (χ4n) is 3.60. The molecule has 0 fully saturated rings. The molecule has 0 heterocycles. The largest absolute Gasteiger partial charge is 0.366 e. The number of anilines is 2. The lowest BCUT2D eigenvalue weighted by Gasteiger charge is -2.18. The van der Waals surface area contributed by atoms with Crippen molar-refractivity contribution in [3.05, 3.63) is 125 Å². The topological polar surface area (TPSA) is 101 Å². The summed E-state index contributed by atoms with van der Waals surface area (Å²) in [6, 6.07) is 30.4. The summed E-state index contributed by atoms with van der Waals surface area (Å²) in [4.78, 5) is 38.0. The molecule has 8 heteroatoms. The van der Waals surface area contributed by atoms with Crippen molar-refractivity contribution in [2.24, 2.45) is 5.73 Å². The van der Waals surface area contributed by atoms with Gasteiger partial charge in [0.2, 0.25) is 17.7 Å². The molecule has 1 atom stereocenters. The third-order valence-electron chi connectivity index (χ3n) is 5.43. The van der Waals surface area contributed by atoms with E-state index in [0.717, 1.165) is 16.0 Å². The van der Waals surface area contributed by atoms with Crippen LogP contribution in [-0.4, -0.2) is 17.7 Å². The van der Waals surface area contributed by atoms with Crippen LogP contribution < -0.4 is 16.4 Å². The van der Waals surface area contributed by atoms with Crippen LogP contribution in [0.15, 0.2) is 108 Å². The third-order valence-corrected chi connectivity index (χ3v) is 6.93. The molecule has 0 bridgehead atoms. The first kappa shape index (κ1) is 26.0. The van der Waals surface area contributed by atoms with E-state index in [1.807, 2.05) is 66.7 Å². The summed E-state index contributed by atoms with van der Waals surface area (Å²) < 4.78 is 0. The smallest absolute Gasteiger partial charge is 0.248 e. The number of primary amides is 1. The number of hydrogen-bond acceptors (Lipinski definition) is 4. The average molecular weight is 530 g/mol. The zero-order valence-corrected chi connectivity index (χ0v) is 21.3. The first-order valence-corrected chi connectivity index (χ1v) is 12.7.